The molecule has 0 aromatic rings. The van der Waals surface area contributed by atoms with E-state index in [4.69, 9.17) is 24.0 Å². The van der Waals surface area contributed by atoms with Crippen molar-refractivity contribution in [1.82, 2.24) is 4.90 Å². The number of hydrogen-bond donors (Lipinski definition) is 0. The van der Waals surface area contributed by atoms with Gasteiger partial charge in [0.1, 0.15) is 0 Å². The number of nitrogens with zero attached hydrogens (tertiary/aromatic N) is 1. The van der Waals surface area contributed by atoms with E-state index >= 15 is 0 Å². The molecule has 6 fully saturated rings. The highest BCUT2D eigenvalue weighted by molar-refractivity contribution is 5.81. The Morgan fingerprint density at radius 1 is 1.00 bits per heavy atom. The molecule has 2 bridgehead atoms. The molecule has 5 saturated heterocycles. The molecule has 0 unspecified atom stereocenters. The Kier molecular flexibility index (Phi) is 6.01. The van der Waals surface area contributed by atoms with E-state index in [2.05, 4.69) is 13.8 Å². The van der Waals surface area contributed by atoms with Crippen LogP contribution in [-0.4, -0.2) is 53.8 Å². The number of fused-ring (bicyclic) bond motifs is 2. The number of likely N-dealkylation sites (tertiary alicyclic amines) is 1. The quantitative estimate of drug-likeness (QED) is 0.478. The van der Waals surface area contributed by atoms with Crippen molar-refractivity contribution in [3.8, 4) is 0 Å². The van der Waals surface area contributed by atoms with E-state index in [1.807, 2.05) is 11.8 Å². The van der Waals surface area contributed by atoms with Crippen LogP contribution in [-0.2, 0) is 33.6 Å². The van der Waals surface area contributed by atoms with Crippen LogP contribution in [0.4, 0.5) is 0 Å². The molecule has 1 spiro atoms. The van der Waals surface area contributed by atoms with Gasteiger partial charge in [-0.25, -0.2) is 9.78 Å². The molecule has 1 aliphatic carbocycles. The summed E-state index contributed by atoms with van der Waals surface area (Å²) in [7, 11) is 0. The van der Waals surface area contributed by atoms with E-state index in [1.54, 1.807) is 0 Å². The van der Waals surface area contributed by atoms with Crippen LogP contribution < -0.4 is 0 Å². The van der Waals surface area contributed by atoms with Gasteiger partial charge in [-0.3, -0.25) is 9.59 Å². The Labute approximate surface area is 190 Å². The summed E-state index contributed by atoms with van der Waals surface area (Å²) in [5.41, 5.74) is -0.666. The zero-order valence-electron chi connectivity index (χ0n) is 19.5. The number of esters is 1. The van der Waals surface area contributed by atoms with E-state index in [-0.39, 0.29) is 36.5 Å². The normalized spacial score (nSPS) is 45.7. The highest BCUT2D eigenvalue weighted by atomic mass is 17.3. The Hall–Kier alpha value is -1.22. The molecular formula is C24H37NO7. The highest BCUT2D eigenvalue weighted by Gasteiger charge is 2.69. The molecule has 6 rings (SSSR count). The molecule has 6 aliphatic rings. The van der Waals surface area contributed by atoms with E-state index in [0.717, 1.165) is 51.6 Å². The zero-order chi connectivity index (χ0) is 22.5. The molecule has 5 heterocycles. The predicted molar refractivity (Wildman–Crippen MR) is 113 cm³/mol. The number of amides is 1. The number of ether oxygens (including phenoxy) is 3. The van der Waals surface area contributed by atoms with Crippen molar-refractivity contribution in [2.75, 3.05) is 13.1 Å². The molecule has 8 heteroatoms. The van der Waals surface area contributed by atoms with Crippen LogP contribution in [0, 0.1) is 23.7 Å². The molecular weight excluding hydrogens is 414 g/mol. The summed E-state index contributed by atoms with van der Waals surface area (Å²) < 4.78 is 18.4. The first-order chi connectivity index (χ1) is 15.3. The van der Waals surface area contributed by atoms with Crippen LogP contribution in [0.1, 0.15) is 78.6 Å². The third-order valence-corrected chi connectivity index (χ3v) is 8.60. The molecule has 0 N–H and O–H groups in total. The third-order valence-electron chi connectivity index (χ3n) is 8.60. The van der Waals surface area contributed by atoms with Gasteiger partial charge < -0.3 is 19.1 Å². The van der Waals surface area contributed by atoms with Gasteiger partial charge in [0.25, 0.3) is 0 Å². The minimum atomic E-state index is -0.854. The van der Waals surface area contributed by atoms with Crippen LogP contribution in [0.2, 0.25) is 0 Å². The van der Waals surface area contributed by atoms with E-state index in [0.29, 0.717) is 5.92 Å². The fourth-order valence-corrected chi connectivity index (χ4v) is 6.71. The monoisotopic (exact) mass is 451 g/mol. The summed E-state index contributed by atoms with van der Waals surface area (Å²) in [6.45, 7) is 7.79. The second-order valence-electron chi connectivity index (χ2n) is 10.7. The van der Waals surface area contributed by atoms with Crippen LogP contribution in [0.15, 0.2) is 0 Å². The van der Waals surface area contributed by atoms with Gasteiger partial charge in [0.05, 0.1) is 6.42 Å². The summed E-state index contributed by atoms with van der Waals surface area (Å²) in [4.78, 5) is 38.9. The average Bonchev–Trinajstić information content (AvgIpc) is 3.02. The molecule has 8 atom stereocenters. The molecule has 0 aromatic heterocycles. The maximum atomic E-state index is 12.6. The lowest BCUT2D eigenvalue weighted by Gasteiger charge is -2.59. The largest absolute Gasteiger partial charge is 0.435 e. The Balaban J connectivity index is 1.26. The number of rotatable bonds is 4. The van der Waals surface area contributed by atoms with Gasteiger partial charge in [-0.05, 0) is 57.3 Å². The van der Waals surface area contributed by atoms with Gasteiger partial charge in [-0.15, -0.1) is 0 Å². The van der Waals surface area contributed by atoms with Crippen molar-refractivity contribution < 1.29 is 33.6 Å². The standard InChI is InChI=1S/C24H37NO7/c1-15-7-8-18-16(2)21(28-20(27)10-9-19(26)25-13-5-4-6-14-25)29-22-24(18)17(15)11-12-23(3,30-22)31-32-24/h15-18,21-22H,4-14H2,1-3H3/t15-,16-,17-,18-,21-,22-,23-,24-/m1/s1. The number of hydrogen-bond acceptors (Lipinski definition) is 7. The minimum absolute atomic E-state index is 0.0326. The maximum Gasteiger partial charge on any atom is 0.308 e. The van der Waals surface area contributed by atoms with Crippen LogP contribution in [0.3, 0.4) is 0 Å². The summed E-state index contributed by atoms with van der Waals surface area (Å²) in [5, 5.41) is 0. The van der Waals surface area contributed by atoms with Crippen LogP contribution in [0.5, 0.6) is 0 Å². The number of carbonyl (C=O) groups excluding carboxylic acids is 2. The lowest BCUT2D eigenvalue weighted by atomic mass is 9.58. The molecule has 32 heavy (non-hydrogen) atoms. The summed E-state index contributed by atoms with van der Waals surface area (Å²) in [5.74, 6) is -0.409. The topological polar surface area (TPSA) is 83.5 Å². The predicted octanol–water partition coefficient (Wildman–Crippen LogP) is 3.53. The van der Waals surface area contributed by atoms with Crippen molar-refractivity contribution in [1.29, 1.82) is 0 Å². The maximum absolute atomic E-state index is 12.6. The van der Waals surface area contributed by atoms with Crippen molar-refractivity contribution in [2.45, 2.75) is 103 Å². The summed E-state index contributed by atoms with van der Waals surface area (Å²) >= 11 is 0. The molecule has 5 aliphatic heterocycles. The molecule has 1 amide bonds. The SMILES string of the molecule is C[C@H]1[C@H](OC(=O)CCC(=O)N2CCCCC2)O[C@@H]2O[C@@]3(C)CC[C@@H]4[C@H](C)CC[C@H]1[C@@]24OO3. The van der Waals surface area contributed by atoms with Crippen molar-refractivity contribution >= 4 is 11.9 Å². The lowest BCUT2D eigenvalue weighted by molar-refractivity contribution is -0.576. The van der Waals surface area contributed by atoms with Gasteiger partial charge >= 0.3 is 5.97 Å². The molecule has 8 nitrogen and oxygen atoms in total. The number of carbonyl (C=O) groups is 2. The Morgan fingerprint density at radius 3 is 2.56 bits per heavy atom. The van der Waals surface area contributed by atoms with Crippen molar-refractivity contribution in [3.05, 3.63) is 0 Å². The van der Waals surface area contributed by atoms with Crippen molar-refractivity contribution in [3.63, 3.8) is 0 Å². The zero-order valence-corrected chi connectivity index (χ0v) is 19.5. The fraction of sp³-hybridized carbons (Fsp3) is 0.917. The minimum Gasteiger partial charge on any atom is -0.435 e. The van der Waals surface area contributed by atoms with E-state index < -0.39 is 29.9 Å². The number of piperidine rings is 1. The lowest BCUT2D eigenvalue weighted by Crippen LogP contribution is -2.70. The Bertz CT molecular complexity index is 740. The van der Waals surface area contributed by atoms with Crippen LogP contribution in [0.25, 0.3) is 0 Å². The highest BCUT2D eigenvalue weighted by Crippen LogP contribution is 2.60. The molecule has 0 aromatic carbocycles. The van der Waals surface area contributed by atoms with Crippen LogP contribution >= 0.6 is 0 Å². The van der Waals surface area contributed by atoms with Gasteiger partial charge in [-0.2, -0.15) is 0 Å². The van der Waals surface area contributed by atoms with Gasteiger partial charge in [0.2, 0.25) is 18.0 Å². The first-order valence-corrected chi connectivity index (χ1v) is 12.5. The van der Waals surface area contributed by atoms with Gasteiger partial charge in [-0.1, -0.05) is 13.8 Å². The second kappa shape index (κ2) is 8.53. The average molecular weight is 452 g/mol. The summed E-state index contributed by atoms with van der Waals surface area (Å²) in [6, 6.07) is 0. The van der Waals surface area contributed by atoms with E-state index in [9.17, 15) is 9.59 Å². The summed E-state index contributed by atoms with van der Waals surface area (Å²) in [6.07, 6.45) is 5.90. The van der Waals surface area contributed by atoms with Crippen molar-refractivity contribution in [2.24, 2.45) is 23.7 Å². The fourth-order valence-electron chi connectivity index (χ4n) is 6.71. The third kappa shape index (κ3) is 3.77. The van der Waals surface area contributed by atoms with Gasteiger partial charge in [0.15, 0.2) is 11.9 Å². The Morgan fingerprint density at radius 2 is 1.78 bits per heavy atom. The molecule has 1 saturated carbocycles. The van der Waals surface area contributed by atoms with E-state index in [1.165, 1.54) is 6.42 Å². The second-order valence-corrected chi connectivity index (χ2v) is 10.7. The first kappa shape index (κ1) is 22.6. The van der Waals surface area contributed by atoms with Gasteiger partial charge in [0, 0.05) is 37.8 Å². The molecule has 0 radical (unpaired) electrons. The smallest absolute Gasteiger partial charge is 0.308 e. The first-order valence-electron chi connectivity index (χ1n) is 12.5. The molecule has 180 valence electrons.